The van der Waals surface area contributed by atoms with Gasteiger partial charge >= 0.3 is 0 Å². The van der Waals surface area contributed by atoms with Gasteiger partial charge in [0.2, 0.25) is 5.90 Å². The molecule has 0 aliphatic carbocycles. The summed E-state index contributed by atoms with van der Waals surface area (Å²) in [5, 5.41) is 9.00. The van der Waals surface area contributed by atoms with Gasteiger partial charge in [0.25, 0.3) is 0 Å². The van der Waals surface area contributed by atoms with Crippen molar-refractivity contribution in [3.63, 3.8) is 0 Å². The van der Waals surface area contributed by atoms with Crippen LogP contribution in [0.4, 0.5) is 4.39 Å². The van der Waals surface area contributed by atoms with Crippen molar-refractivity contribution < 1.29 is 9.13 Å². The zero-order valence-electron chi connectivity index (χ0n) is 12.9. The molecule has 7 heteroatoms. The molecule has 1 aromatic carbocycles. The van der Waals surface area contributed by atoms with E-state index in [4.69, 9.17) is 21.7 Å². The summed E-state index contributed by atoms with van der Waals surface area (Å²) in [6, 6.07) is 6.64. The Morgan fingerprint density at radius 3 is 2.88 bits per heavy atom. The molecule has 0 amide bonds. The van der Waals surface area contributed by atoms with Crippen LogP contribution in [0.1, 0.15) is 18.1 Å². The van der Waals surface area contributed by atoms with Gasteiger partial charge in [0.1, 0.15) is 5.82 Å². The zero-order valence-corrected chi connectivity index (χ0v) is 14.5. The van der Waals surface area contributed by atoms with E-state index in [1.807, 2.05) is 22.9 Å². The molecule has 0 fully saturated rings. The highest BCUT2D eigenvalue weighted by molar-refractivity contribution is 6.31. The quantitative estimate of drug-likeness (QED) is 0.538. The molecule has 3 aromatic rings. The molecule has 0 unspecified atom stereocenters. The van der Waals surface area contributed by atoms with E-state index in [1.54, 1.807) is 25.4 Å². The first-order chi connectivity index (χ1) is 11.1. The second kappa shape index (κ2) is 7.64. The van der Waals surface area contributed by atoms with Crippen LogP contribution in [0.5, 0.6) is 0 Å². The summed E-state index contributed by atoms with van der Waals surface area (Å²) in [5.74, 6) is -0.537. The lowest BCUT2D eigenvalue weighted by Gasteiger charge is -2.12. The van der Waals surface area contributed by atoms with E-state index in [0.29, 0.717) is 24.3 Å². The Morgan fingerprint density at radius 2 is 2.17 bits per heavy atom. The Hall–Kier alpha value is -2.11. The summed E-state index contributed by atoms with van der Waals surface area (Å²) in [6.45, 7) is 2.43. The molecule has 2 aromatic heterocycles. The van der Waals surface area contributed by atoms with Gasteiger partial charge in [-0.05, 0) is 31.2 Å². The van der Waals surface area contributed by atoms with Crippen LogP contribution in [0.15, 0.2) is 42.9 Å². The number of rotatable bonds is 4. The van der Waals surface area contributed by atoms with E-state index in [2.05, 4.69) is 4.98 Å². The van der Waals surface area contributed by atoms with Crippen LogP contribution in [0.3, 0.4) is 0 Å². The molecule has 126 valence electrons. The molecule has 0 saturated carbocycles. The average molecular weight is 368 g/mol. The number of nitrogens with zero attached hydrogens (tertiary/aromatic N) is 2. The summed E-state index contributed by atoms with van der Waals surface area (Å²) in [6.07, 6.45) is 5.33. The number of halogens is 3. The summed E-state index contributed by atoms with van der Waals surface area (Å²) in [4.78, 5) is 4.07. The van der Waals surface area contributed by atoms with E-state index in [1.165, 1.54) is 6.07 Å². The first kappa shape index (κ1) is 18.2. The molecule has 0 aliphatic heterocycles. The Bertz CT molecular complexity index is 856. The van der Waals surface area contributed by atoms with Gasteiger partial charge in [-0.1, -0.05) is 11.6 Å². The topological polar surface area (TPSA) is 50.9 Å². The van der Waals surface area contributed by atoms with Crippen LogP contribution in [0.25, 0.3) is 10.9 Å². The summed E-state index contributed by atoms with van der Waals surface area (Å²) in [7, 11) is 0. The zero-order chi connectivity index (χ0) is 16.4. The van der Waals surface area contributed by atoms with Gasteiger partial charge in [0.05, 0.1) is 18.7 Å². The van der Waals surface area contributed by atoms with Crippen molar-refractivity contribution in [1.29, 1.82) is 5.41 Å². The number of hydrogen-bond donors (Lipinski definition) is 1. The van der Waals surface area contributed by atoms with Crippen molar-refractivity contribution in [2.75, 3.05) is 6.61 Å². The normalized spacial score (nSPS) is 10.5. The number of benzene rings is 1. The number of nitrogens with one attached hydrogen (secondary N) is 1. The highest BCUT2D eigenvalue weighted by Gasteiger charge is 2.14. The maximum Gasteiger partial charge on any atom is 0.213 e. The molecular weight excluding hydrogens is 352 g/mol. The number of hydrogen-bond acceptors (Lipinski definition) is 3. The van der Waals surface area contributed by atoms with Crippen molar-refractivity contribution >= 4 is 40.8 Å². The van der Waals surface area contributed by atoms with E-state index in [9.17, 15) is 4.39 Å². The minimum absolute atomic E-state index is 0. The third-order valence-corrected chi connectivity index (χ3v) is 3.93. The Balaban J connectivity index is 0.00000208. The molecule has 0 aliphatic rings. The molecule has 2 heterocycles. The lowest BCUT2D eigenvalue weighted by Crippen LogP contribution is -2.08. The Labute approximate surface area is 150 Å². The van der Waals surface area contributed by atoms with Gasteiger partial charge in [-0.25, -0.2) is 4.39 Å². The van der Waals surface area contributed by atoms with Crippen LogP contribution in [0.2, 0.25) is 5.02 Å². The predicted molar refractivity (Wildman–Crippen MR) is 95.9 cm³/mol. The summed E-state index contributed by atoms with van der Waals surface area (Å²) >= 11 is 6.23. The minimum Gasteiger partial charge on any atom is -0.478 e. The van der Waals surface area contributed by atoms with Gasteiger partial charge in [-0.15, -0.1) is 12.4 Å². The number of ether oxygens (including phenoxy) is 1. The lowest BCUT2D eigenvalue weighted by molar-refractivity contribution is 0.325. The molecule has 0 atom stereocenters. The average Bonchev–Trinajstić information content (AvgIpc) is 2.94. The van der Waals surface area contributed by atoms with Gasteiger partial charge < -0.3 is 9.30 Å². The largest absolute Gasteiger partial charge is 0.478 e. The number of aromatic nitrogens is 2. The van der Waals surface area contributed by atoms with Crippen LogP contribution in [-0.4, -0.2) is 22.1 Å². The van der Waals surface area contributed by atoms with Crippen molar-refractivity contribution in [3.8, 4) is 0 Å². The van der Waals surface area contributed by atoms with E-state index in [-0.39, 0.29) is 23.3 Å². The van der Waals surface area contributed by atoms with Crippen LogP contribution in [0, 0.1) is 11.2 Å². The van der Waals surface area contributed by atoms with Gasteiger partial charge in [0, 0.05) is 40.1 Å². The second-order valence-electron chi connectivity index (χ2n) is 5.06. The molecule has 0 saturated heterocycles. The van der Waals surface area contributed by atoms with Crippen LogP contribution >= 0.6 is 24.0 Å². The SMILES string of the molecule is CCOC(=N)c1cc(F)c(Cn2ccc3cnccc32)c(Cl)c1.Cl. The standard InChI is InChI=1S/C17H15ClFN3O.ClH/c1-2-23-17(20)12-7-14(18)13(15(19)8-12)10-22-6-4-11-9-21-5-3-16(11)22;/h3-9,20H,2,10H2,1H3;1H. The van der Waals surface area contributed by atoms with Crippen molar-refractivity contribution in [3.05, 3.63) is 64.8 Å². The van der Waals surface area contributed by atoms with Crippen molar-refractivity contribution in [2.24, 2.45) is 0 Å². The Kier molecular flexibility index (Phi) is 5.80. The predicted octanol–water partition coefficient (Wildman–Crippen LogP) is 4.66. The molecule has 0 radical (unpaired) electrons. The van der Waals surface area contributed by atoms with Crippen LogP contribution < -0.4 is 0 Å². The highest BCUT2D eigenvalue weighted by atomic mass is 35.5. The molecule has 0 spiro atoms. The summed E-state index contributed by atoms with van der Waals surface area (Å²) in [5.41, 5.74) is 1.68. The molecule has 24 heavy (non-hydrogen) atoms. The minimum atomic E-state index is -0.451. The van der Waals surface area contributed by atoms with Crippen molar-refractivity contribution in [1.82, 2.24) is 9.55 Å². The second-order valence-corrected chi connectivity index (χ2v) is 5.47. The first-order valence-corrected chi connectivity index (χ1v) is 7.56. The fourth-order valence-electron chi connectivity index (χ4n) is 2.46. The number of fused-ring (bicyclic) bond motifs is 1. The maximum absolute atomic E-state index is 14.4. The molecule has 1 N–H and O–H groups in total. The highest BCUT2D eigenvalue weighted by Crippen LogP contribution is 2.25. The van der Waals surface area contributed by atoms with Gasteiger partial charge in [-0.2, -0.15) is 0 Å². The molecule has 4 nitrogen and oxygen atoms in total. The van der Waals surface area contributed by atoms with Gasteiger partial charge in [-0.3, -0.25) is 10.4 Å². The Morgan fingerprint density at radius 1 is 1.38 bits per heavy atom. The molecular formula is C17H16Cl2FN3O. The smallest absolute Gasteiger partial charge is 0.213 e. The fourth-order valence-corrected chi connectivity index (χ4v) is 2.73. The number of pyridine rings is 1. The van der Waals surface area contributed by atoms with E-state index >= 15 is 0 Å². The van der Waals surface area contributed by atoms with E-state index < -0.39 is 5.82 Å². The fraction of sp³-hybridized carbons (Fsp3) is 0.176. The third kappa shape index (κ3) is 3.52. The monoisotopic (exact) mass is 367 g/mol. The molecule has 3 rings (SSSR count). The van der Waals surface area contributed by atoms with Crippen LogP contribution in [-0.2, 0) is 11.3 Å². The summed E-state index contributed by atoms with van der Waals surface area (Å²) < 4.78 is 21.4. The first-order valence-electron chi connectivity index (χ1n) is 7.18. The molecule has 0 bridgehead atoms. The third-order valence-electron chi connectivity index (χ3n) is 3.59. The van der Waals surface area contributed by atoms with Crippen molar-refractivity contribution in [2.45, 2.75) is 13.5 Å². The van der Waals surface area contributed by atoms with Gasteiger partial charge in [0.15, 0.2) is 0 Å². The lowest BCUT2D eigenvalue weighted by atomic mass is 10.1. The maximum atomic E-state index is 14.4. The van der Waals surface area contributed by atoms with E-state index in [0.717, 1.165) is 10.9 Å².